The Morgan fingerprint density at radius 1 is 1.24 bits per heavy atom. The fourth-order valence-electron chi connectivity index (χ4n) is 2.14. The molecule has 0 bridgehead atoms. The van der Waals surface area contributed by atoms with Gasteiger partial charge in [-0.3, -0.25) is 10.1 Å². The van der Waals surface area contributed by atoms with Crippen molar-refractivity contribution in [2.45, 2.75) is 57.5 Å². The minimum absolute atomic E-state index is 0.119. The minimum atomic E-state index is -0.816. The van der Waals surface area contributed by atoms with E-state index in [1.165, 1.54) is 5.56 Å². The second kappa shape index (κ2) is 5.68. The zero-order chi connectivity index (χ0) is 15.7. The van der Waals surface area contributed by atoms with E-state index in [1.54, 1.807) is 6.92 Å². The molecule has 0 heterocycles. The highest BCUT2D eigenvalue weighted by molar-refractivity contribution is 5.84. The third-order valence-electron chi connectivity index (χ3n) is 3.89. The van der Waals surface area contributed by atoms with Crippen LogP contribution in [0.1, 0.15) is 46.1 Å². The molecule has 1 amide bonds. The topological polar surface area (TPSA) is 64.3 Å². The molecule has 1 fully saturated rings. The second-order valence-electron chi connectivity index (χ2n) is 7.18. The number of ether oxygens (including phenoxy) is 1. The molecular weight excluding hydrogens is 264 g/mol. The summed E-state index contributed by atoms with van der Waals surface area (Å²) in [6.45, 7) is 8.57. The molecule has 4 nitrogen and oxygen atoms in total. The van der Waals surface area contributed by atoms with Crippen LogP contribution in [0.5, 0.6) is 5.75 Å². The van der Waals surface area contributed by atoms with Gasteiger partial charge in [-0.05, 0) is 42.9 Å². The van der Waals surface area contributed by atoms with Crippen molar-refractivity contribution < 1.29 is 9.53 Å². The minimum Gasteiger partial charge on any atom is -0.491 e. The Bertz CT molecular complexity index is 501. The maximum atomic E-state index is 11.7. The lowest BCUT2D eigenvalue weighted by Gasteiger charge is -2.27. The van der Waals surface area contributed by atoms with Crippen LogP contribution in [0.25, 0.3) is 0 Å². The fourth-order valence-corrected chi connectivity index (χ4v) is 2.14. The van der Waals surface area contributed by atoms with Crippen molar-refractivity contribution in [3.05, 3.63) is 29.8 Å². The van der Waals surface area contributed by atoms with Crippen LogP contribution in [0, 0.1) is 0 Å². The molecule has 0 saturated heterocycles. The van der Waals surface area contributed by atoms with Crippen molar-refractivity contribution in [2.75, 3.05) is 6.61 Å². The average molecular weight is 290 g/mol. The summed E-state index contributed by atoms with van der Waals surface area (Å²) >= 11 is 0. The van der Waals surface area contributed by atoms with E-state index in [9.17, 15) is 4.79 Å². The first-order chi connectivity index (χ1) is 9.71. The largest absolute Gasteiger partial charge is 0.491 e. The Hall–Kier alpha value is -1.55. The molecule has 21 heavy (non-hydrogen) atoms. The Morgan fingerprint density at radius 2 is 1.81 bits per heavy atom. The molecule has 4 heteroatoms. The van der Waals surface area contributed by atoms with Gasteiger partial charge in [0.1, 0.15) is 17.9 Å². The SMILES string of the molecule is CC(COc1ccc(C(C)(C)C)cc1)(NC1CC1)C(N)=O. The summed E-state index contributed by atoms with van der Waals surface area (Å²) in [5, 5.41) is 3.27. The van der Waals surface area contributed by atoms with Gasteiger partial charge in [-0.25, -0.2) is 0 Å². The number of nitrogens with two attached hydrogens (primary N) is 1. The Balaban J connectivity index is 1.98. The van der Waals surface area contributed by atoms with Crippen LogP contribution < -0.4 is 15.8 Å². The summed E-state index contributed by atoms with van der Waals surface area (Å²) in [5.74, 6) is 0.383. The number of benzene rings is 1. The molecule has 1 unspecified atom stereocenters. The monoisotopic (exact) mass is 290 g/mol. The molecule has 1 aromatic carbocycles. The fraction of sp³-hybridized carbons (Fsp3) is 0.588. The van der Waals surface area contributed by atoms with E-state index in [0.29, 0.717) is 6.04 Å². The number of nitrogens with one attached hydrogen (secondary N) is 1. The predicted octanol–water partition coefficient (Wildman–Crippen LogP) is 2.36. The smallest absolute Gasteiger partial charge is 0.240 e. The maximum Gasteiger partial charge on any atom is 0.240 e. The number of amides is 1. The highest BCUT2D eigenvalue weighted by Gasteiger charge is 2.37. The molecule has 1 aromatic rings. The molecule has 0 aliphatic heterocycles. The summed E-state index contributed by atoms with van der Waals surface area (Å²) < 4.78 is 5.77. The van der Waals surface area contributed by atoms with Crippen LogP contribution in [-0.2, 0) is 10.2 Å². The van der Waals surface area contributed by atoms with Gasteiger partial charge in [0.15, 0.2) is 0 Å². The van der Waals surface area contributed by atoms with Crippen molar-refractivity contribution >= 4 is 5.91 Å². The lowest BCUT2D eigenvalue weighted by Crippen LogP contribution is -2.57. The summed E-state index contributed by atoms with van der Waals surface area (Å²) in [6, 6.07) is 8.41. The highest BCUT2D eigenvalue weighted by atomic mass is 16.5. The van der Waals surface area contributed by atoms with E-state index in [2.05, 4.69) is 38.2 Å². The van der Waals surface area contributed by atoms with Crippen molar-refractivity contribution in [2.24, 2.45) is 5.73 Å². The van der Waals surface area contributed by atoms with Gasteiger partial charge in [-0.15, -0.1) is 0 Å². The summed E-state index contributed by atoms with van der Waals surface area (Å²) in [5.41, 5.74) is 6.07. The lowest BCUT2D eigenvalue weighted by atomic mass is 9.87. The van der Waals surface area contributed by atoms with Gasteiger partial charge in [-0.1, -0.05) is 32.9 Å². The number of carbonyl (C=O) groups excluding carboxylic acids is 1. The van der Waals surface area contributed by atoms with Gasteiger partial charge in [0.05, 0.1) is 0 Å². The van der Waals surface area contributed by atoms with Crippen molar-refractivity contribution in [3.8, 4) is 5.75 Å². The third-order valence-corrected chi connectivity index (χ3v) is 3.89. The standard InChI is InChI=1S/C17H26N2O2/c1-16(2,3)12-5-9-14(10-6-12)21-11-17(4,15(18)20)19-13-7-8-13/h5-6,9-10,13,19H,7-8,11H2,1-4H3,(H2,18,20). The van der Waals surface area contributed by atoms with E-state index in [0.717, 1.165) is 18.6 Å². The van der Waals surface area contributed by atoms with E-state index < -0.39 is 5.54 Å². The van der Waals surface area contributed by atoms with Gasteiger partial charge in [0.25, 0.3) is 0 Å². The summed E-state index contributed by atoms with van der Waals surface area (Å²) in [6.07, 6.45) is 2.20. The third kappa shape index (κ3) is 4.21. The number of rotatable bonds is 6. The first-order valence-corrected chi connectivity index (χ1v) is 7.52. The molecule has 3 N–H and O–H groups in total. The molecular formula is C17H26N2O2. The molecule has 1 aliphatic carbocycles. The lowest BCUT2D eigenvalue weighted by molar-refractivity contribution is -0.125. The van der Waals surface area contributed by atoms with E-state index in [1.807, 2.05) is 12.1 Å². The first kappa shape index (κ1) is 15.8. The molecule has 1 aliphatic rings. The molecule has 0 spiro atoms. The Labute approximate surface area is 127 Å². The van der Waals surface area contributed by atoms with E-state index in [4.69, 9.17) is 10.5 Å². The van der Waals surface area contributed by atoms with Gasteiger partial charge in [0, 0.05) is 6.04 Å². The predicted molar refractivity (Wildman–Crippen MR) is 84.4 cm³/mol. The molecule has 0 radical (unpaired) electrons. The molecule has 2 rings (SSSR count). The van der Waals surface area contributed by atoms with Crippen LogP contribution >= 0.6 is 0 Å². The zero-order valence-electron chi connectivity index (χ0n) is 13.4. The average Bonchev–Trinajstić information content (AvgIpc) is 3.19. The van der Waals surface area contributed by atoms with Crippen molar-refractivity contribution in [1.82, 2.24) is 5.32 Å². The quantitative estimate of drug-likeness (QED) is 0.845. The van der Waals surface area contributed by atoms with Crippen molar-refractivity contribution in [1.29, 1.82) is 0 Å². The Morgan fingerprint density at radius 3 is 2.24 bits per heavy atom. The van der Waals surface area contributed by atoms with E-state index >= 15 is 0 Å². The van der Waals surface area contributed by atoms with Gasteiger partial charge in [-0.2, -0.15) is 0 Å². The molecule has 0 aromatic heterocycles. The second-order valence-corrected chi connectivity index (χ2v) is 7.18. The van der Waals surface area contributed by atoms with Crippen LogP contribution in [0.15, 0.2) is 24.3 Å². The van der Waals surface area contributed by atoms with Crippen LogP contribution in [0.2, 0.25) is 0 Å². The van der Waals surface area contributed by atoms with E-state index in [-0.39, 0.29) is 17.9 Å². The zero-order valence-corrected chi connectivity index (χ0v) is 13.4. The molecule has 1 saturated carbocycles. The Kier molecular flexibility index (Phi) is 4.28. The molecule has 116 valence electrons. The van der Waals surface area contributed by atoms with Crippen LogP contribution in [0.3, 0.4) is 0 Å². The van der Waals surface area contributed by atoms with Gasteiger partial charge in [0.2, 0.25) is 5.91 Å². The number of carbonyl (C=O) groups is 1. The van der Waals surface area contributed by atoms with Crippen LogP contribution in [0.4, 0.5) is 0 Å². The summed E-state index contributed by atoms with van der Waals surface area (Å²) in [7, 11) is 0. The number of hydrogen-bond donors (Lipinski definition) is 2. The molecule has 1 atom stereocenters. The van der Waals surface area contributed by atoms with Crippen LogP contribution in [-0.4, -0.2) is 24.1 Å². The maximum absolute atomic E-state index is 11.7. The van der Waals surface area contributed by atoms with Crippen molar-refractivity contribution in [3.63, 3.8) is 0 Å². The first-order valence-electron chi connectivity index (χ1n) is 7.52. The normalized spacial score (nSPS) is 18.1. The highest BCUT2D eigenvalue weighted by Crippen LogP contribution is 2.26. The summed E-state index contributed by atoms with van der Waals surface area (Å²) in [4.78, 5) is 11.7. The number of primary amides is 1. The van der Waals surface area contributed by atoms with Gasteiger partial charge < -0.3 is 10.5 Å². The number of hydrogen-bond acceptors (Lipinski definition) is 3. The van der Waals surface area contributed by atoms with Gasteiger partial charge >= 0.3 is 0 Å².